The van der Waals surface area contributed by atoms with Gasteiger partial charge in [-0.25, -0.2) is 14.2 Å². The van der Waals surface area contributed by atoms with E-state index in [4.69, 9.17) is 28.6 Å². The van der Waals surface area contributed by atoms with Gasteiger partial charge >= 0.3 is 5.97 Å². The highest BCUT2D eigenvalue weighted by molar-refractivity contribution is 7.80. The van der Waals surface area contributed by atoms with E-state index in [-0.39, 0.29) is 28.0 Å². The maximum Gasteiger partial charge on any atom is 0.339 e. The first-order chi connectivity index (χ1) is 10.5. The van der Waals surface area contributed by atoms with Gasteiger partial charge in [-0.3, -0.25) is 0 Å². The van der Waals surface area contributed by atoms with E-state index in [1.807, 2.05) is 0 Å². The standard InChI is InChI=1S/C14H15ClFN3O2S/c1-2-21-13(20)9-7-12(11(16)8-10(9)15)18-14(22)19-6-4-3-5-17-19/h5,7-8H,2-4,6H2,1H3,(H,18,22). The Hall–Kier alpha value is -1.73. The average molecular weight is 344 g/mol. The van der Waals surface area contributed by atoms with Crippen LogP contribution in [0.4, 0.5) is 10.1 Å². The van der Waals surface area contributed by atoms with Crippen LogP contribution in [0.3, 0.4) is 0 Å². The summed E-state index contributed by atoms with van der Waals surface area (Å²) in [6.07, 6.45) is 3.56. The highest BCUT2D eigenvalue weighted by Crippen LogP contribution is 2.25. The molecule has 5 nitrogen and oxygen atoms in total. The quantitative estimate of drug-likeness (QED) is 0.673. The Bertz CT molecular complexity index is 624. The number of carbonyl (C=O) groups is 1. The fourth-order valence-electron chi connectivity index (χ4n) is 1.89. The van der Waals surface area contributed by atoms with Gasteiger partial charge in [0.1, 0.15) is 5.82 Å². The molecule has 1 N–H and O–H groups in total. The number of rotatable bonds is 3. The van der Waals surface area contributed by atoms with Gasteiger partial charge in [0.2, 0.25) is 0 Å². The number of halogens is 2. The lowest BCUT2D eigenvalue weighted by Crippen LogP contribution is -2.33. The molecule has 2 rings (SSSR count). The first-order valence-corrected chi connectivity index (χ1v) is 7.58. The minimum atomic E-state index is -0.613. The molecule has 0 atom stereocenters. The summed E-state index contributed by atoms with van der Waals surface area (Å²) in [6.45, 7) is 2.54. The third-order valence-electron chi connectivity index (χ3n) is 2.95. The zero-order chi connectivity index (χ0) is 16.1. The maximum atomic E-state index is 14.0. The fraction of sp³-hybridized carbons (Fsp3) is 0.357. The van der Waals surface area contributed by atoms with Crippen molar-refractivity contribution in [2.24, 2.45) is 5.10 Å². The van der Waals surface area contributed by atoms with Crippen molar-refractivity contribution < 1.29 is 13.9 Å². The molecule has 22 heavy (non-hydrogen) atoms. The van der Waals surface area contributed by atoms with E-state index >= 15 is 0 Å². The van der Waals surface area contributed by atoms with E-state index in [0.29, 0.717) is 6.54 Å². The lowest BCUT2D eigenvalue weighted by molar-refractivity contribution is 0.0526. The molecule has 0 aromatic heterocycles. The normalized spacial score (nSPS) is 13.9. The fourth-order valence-corrected chi connectivity index (χ4v) is 2.37. The molecule has 0 fully saturated rings. The summed E-state index contributed by atoms with van der Waals surface area (Å²) < 4.78 is 18.9. The van der Waals surface area contributed by atoms with Gasteiger partial charge in [0.05, 0.1) is 22.9 Å². The van der Waals surface area contributed by atoms with Crippen molar-refractivity contribution in [3.63, 3.8) is 0 Å². The van der Waals surface area contributed by atoms with Crippen LogP contribution in [0, 0.1) is 5.82 Å². The summed E-state index contributed by atoms with van der Waals surface area (Å²) in [5.41, 5.74) is 0.135. The maximum absolute atomic E-state index is 14.0. The number of thiocarbonyl (C=S) groups is 1. The third kappa shape index (κ3) is 3.92. The molecule has 1 aliphatic rings. The number of hydrazone groups is 1. The molecule has 0 radical (unpaired) electrons. The van der Waals surface area contributed by atoms with E-state index in [1.54, 1.807) is 18.1 Å². The largest absolute Gasteiger partial charge is 0.462 e. The molecule has 1 aliphatic heterocycles. The third-order valence-corrected chi connectivity index (χ3v) is 3.58. The van der Waals surface area contributed by atoms with Crippen molar-refractivity contribution in [2.75, 3.05) is 18.5 Å². The predicted molar refractivity (Wildman–Crippen MR) is 88.0 cm³/mol. The zero-order valence-electron chi connectivity index (χ0n) is 11.9. The summed E-state index contributed by atoms with van der Waals surface area (Å²) in [4.78, 5) is 11.8. The minimum Gasteiger partial charge on any atom is -0.462 e. The second kappa shape index (κ2) is 7.51. The van der Waals surface area contributed by atoms with Gasteiger partial charge in [-0.1, -0.05) is 11.6 Å². The minimum absolute atomic E-state index is 0.0107. The van der Waals surface area contributed by atoms with Gasteiger partial charge in [-0.15, -0.1) is 0 Å². The molecule has 1 aromatic carbocycles. The molecular formula is C14H15ClFN3O2S. The van der Waals surface area contributed by atoms with Crippen LogP contribution < -0.4 is 5.32 Å². The van der Waals surface area contributed by atoms with E-state index in [0.717, 1.165) is 18.9 Å². The second-order valence-electron chi connectivity index (χ2n) is 4.53. The highest BCUT2D eigenvalue weighted by atomic mass is 35.5. The number of carbonyl (C=O) groups excluding carboxylic acids is 1. The van der Waals surface area contributed by atoms with Crippen LogP contribution >= 0.6 is 23.8 Å². The monoisotopic (exact) mass is 343 g/mol. The van der Waals surface area contributed by atoms with E-state index in [2.05, 4.69) is 10.4 Å². The Labute approximate surface area is 138 Å². The van der Waals surface area contributed by atoms with Gasteiger partial charge in [0, 0.05) is 12.8 Å². The van der Waals surface area contributed by atoms with Crippen LogP contribution in [-0.2, 0) is 4.74 Å². The topological polar surface area (TPSA) is 53.9 Å². The molecular weight excluding hydrogens is 329 g/mol. The zero-order valence-corrected chi connectivity index (χ0v) is 13.5. The van der Waals surface area contributed by atoms with E-state index in [9.17, 15) is 9.18 Å². The van der Waals surface area contributed by atoms with Crippen LogP contribution in [0.15, 0.2) is 17.2 Å². The molecule has 1 heterocycles. The Morgan fingerprint density at radius 1 is 1.59 bits per heavy atom. The molecule has 8 heteroatoms. The number of esters is 1. The highest BCUT2D eigenvalue weighted by Gasteiger charge is 2.18. The molecule has 1 aromatic rings. The van der Waals surface area contributed by atoms with Crippen LogP contribution in [0.25, 0.3) is 0 Å². The molecule has 0 saturated carbocycles. The smallest absolute Gasteiger partial charge is 0.339 e. The lowest BCUT2D eigenvalue weighted by atomic mass is 10.2. The number of hydrogen-bond donors (Lipinski definition) is 1. The number of ether oxygens (including phenoxy) is 1. The Morgan fingerprint density at radius 2 is 2.36 bits per heavy atom. The lowest BCUT2D eigenvalue weighted by Gasteiger charge is -2.23. The van der Waals surface area contributed by atoms with Crippen LogP contribution in [0.1, 0.15) is 30.1 Å². The Balaban J connectivity index is 2.21. The summed E-state index contributed by atoms with van der Waals surface area (Å²) in [6, 6.07) is 2.34. The SMILES string of the molecule is CCOC(=O)c1cc(NC(=S)N2CCCC=N2)c(F)cc1Cl. The number of benzene rings is 1. The van der Waals surface area contributed by atoms with E-state index in [1.165, 1.54) is 6.07 Å². The number of nitrogens with zero attached hydrogens (tertiary/aromatic N) is 2. The number of nitrogens with one attached hydrogen (secondary N) is 1. The van der Waals surface area contributed by atoms with Gasteiger partial charge in [0.15, 0.2) is 5.11 Å². The molecule has 118 valence electrons. The van der Waals surface area contributed by atoms with Crippen molar-refractivity contribution in [3.05, 3.63) is 28.5 Å². The van der Waals surface area contributed by atoms with Crippen molar-refractivity contribution in [1.82, 2.24) is 5.01 Å². The van der Waals surface area contributed by atoms with Gasteiger partial charge in [-0.05, 0) is 44.1 Å². The van der Waals surface area contributed by atoms with Crippen LogP contribution in [0.2, 0.25) is 5.02 Å². The molecule has 0 bridgehead atoms. The molecule has 0 saturated heterocycles. The van der Waals surface area contributed by atoms with Crippen molar-refractivity contribution >= 4 is 46.8 Å². The molecule has 0 spiro atoms. The molecule has 0 unspecified atom stereocenters. The number of hydrogen-bond acceptors (Lipinski definition) is 4. The van der Waals surface area contributed by atoms with Gasteiger partial charge < -0.3 is 10.1 Å². The summed E-state index contributed by atoms with van der Waals surface area (Å²) in [5.74, 6) is -1.22. The Morgan fingerprint density at radius 3 is 3.00 bits per heavy atom. The van der Waals surface area contributed by atoms with Crippen molar-refractivity contribution in [2.45, 2.75) is 19.8 Å². The summed E-state index contributed by atoms with van der Waals surface area (Å²) in [5, 5.41) is 8.68. The number of anilines is 1. The molecule has 0 aliphatic carbocycles. The first kappa shape index (κ1) is 16.6. The van der Waals surface area contributed by atoms with E-state index < -0.39 is 11.8 Å². The Kier molecular flexibility index (Phi) is 5.68. The second-order valence-corrected chi connectivity index (χ2v) is 5.32. The van der Waals surface area contributed by atoms with Gasteiger partial charge in [0.25, 0.3) is 0 Å². The first-order valence-electron chi connectivity index (χ1n) is 6.80. The van der Waals surface area contributed by atoms with Gasteiger partial charge in [-0.2, -0.15) is 5.10 Å². The van der Waals surface area contributed by atoms with Crippen molar-refractivity contribution in [3.8, 4) is 0 Å². The predicted octanol–water partition coefficient (Wildman–Crippen LogP) is 3.43. The molecule has 0 amide bonds. The van der Waals surface area contributed by atoms with Crippen LogP contribution in [0.5, 0.6) is 0 Å². The summed E-state index contributed by atoms with van der Waals surface area (Å²) in [7, 11) is 0. The van der Waals surface area contributed by atoms with Crippen molar-refractivity contribution in [1.29, 1.82) is 0 Å². The summed E-state index contributed by atoms with van der Waals surface area (Å²) >= 11 is 11.1. The van der Waals surface area contributed by atoms with Crippen LogP contribution in [-0.4, -0.2) is 35.5 Å². The average Bonchev–Trinajstić information content (AvgIpc) is 2.51.